The lowest BCUT2D eigenvalue weighted by atomic mass is 10.1. The number of para-hydroxylation sites is 1. The number of imidazole rings is 1. The van der Waals surface area contributed by atoms with Crippen LogP contribution >= 0.6 is 0 Å². The number of ether oxygens (including phenoxy) is 3. The zero-order chi connectivity index (χ0) is 22.9. The summed E-state index contributed by atoms with van der Waals surface area (Å²) in [6.45, 7) is 1.72. The van der Waals surface area contributed by atoms with Crippen LogP contribution in [-0.4, -0.2) is 55.1 Å². The third kappa shape index (κ3) is 4.29. The number of carbonyl (C=O) groups is 1. The summed E-state index contributed by atoms with van der Waals surface area (Å²) < 4.78 is 18.9. The molecular formula is C22H26N6O5. The number of nitrogens with two attached hydrogens (primary N) is 1. The lowest BCUT2D eigenvalue weighted by Crippen LogP contribution is -2.36. The van der Waals surface area contributed by atoms with Gasteiger partial charge in [-0.2, -0.15) is 9.97 Å². The number of amides is 1. The number of aliphatic hydroxyl groups excluding tert-OH is 1. The van der Waals surface area contributed by atoms with Crippen LogP contribution in [0.15, 0.2) is 36.7 Å². The number of fused-ring (bicyclic) bond motifs is 1. The highest BCUT2D eigenvalue weighted by Crippen LogP contribution is 2.34. The van der Waals surface area contributed by atoms with Gasteiger partial charge in [0.15, 0.2) is 29.3 Å². The van der Waals surface area contributed by atoms with Crippen LogP contribution in [0, 0.1) is 0 Å². The van der Waals surface area contributed by atoms with Crippen molar-refractivity contribution in [1.29, 1.82) is 0 Å². The molecule has 174 valence electrons. The summed E-state index contributed by atoms with van der Waals surface area (Å²) >= 11 is 0. The summed E-state index contributed by atoms with van der Waals surface area (Å²) in [6, 6.07) is 9.08. The Balaban J connectivity index is 1.34. The van der Waals surface area contributed by atoms with Crippen molar-refractivity contribution in [2.75, 3.05) is 11.1 Å². The molecule has 2 aliphatic rings. The molecule has 1 amide bonds. The highest BCUT2D eigenvalue weighted by Gasteiger charge is 2.45. The van der Waals surface area contributed by atoms with E-state index in [2.05, 4.69) is 20.3 Å². The molecule has 1 aliphatic heterocycles. The van der Waals surface area contributed by atoms with E-state index in [4.69, 9.17) is 19.9 Å². The molecule has 1 saturated carbocycles. The number of nitrogens with zero attached hydrogens (tertiary/aromatic N) is 4. The predicted octanol–water partition coefficient (Wildman–Crippen LogP) is 2.63. The Bertz CT molecular complexity index is 1130. The van der Waals surface area contributed by atoms with Crippen molar-refractivity contribution in [2.45, 2.75) is 63.3 Å². The van der Waals surface area contributed by atoms with Gasteiger partial charge in [0.2, 0.25) is 0 Å². The number of aromatic nitrogens is 4. The second-order valence-electron chi connectivity index (χ2n) is 8.32. The summed E-state index contributed by atoms with van der Waals surface area (Å²) in [5.41, 5.74) is 7.42. The Morgan fingerprint density at radius 1 is 1.24 bits per heavy atom. The number of carbonyl (C=O) groups excluding carboxylic acids is 1. The molecule has 1 aromatic carbocycles. The van der Waals surface area contributed by atoms with Crippen molar-refractivity contribution in [3.05, 3.63) is 36.7 Å². The predicted molar refractivity (Wildman–Crippen MR) is 119 cm³/mol. The molecule has 2 aromatic heterocycles. The van der Waals surface area contributed by atoms with Crippen molar-refractivity contribution in [2.24, 2.45) is 0 Å². The highest BCUT2D eigenvalue weighted by molar-refractivity contribution is 5.84. The van der Waals surface area contributed by atoms with Crippen molar-refractivity contribution in [3.63, 3.8) is 0 Å². The Hall–Kier alpha value is -3.44. The third-order valence-corrected chi connectivity index (χ3v) is 5.99. The van der Waals surface area contributed by atoms with Gasteiger partial charge in [-0.3, -0.25) is 9.88 Å². The minimum absolute atomic E-state index is 0.0625. The van der Waals surface area contributed by atoms with E-state index in [1.54, 1.807) is 35.8 Å². The normalized spacial score (nSPS) is 25.4. The molecule has 33 heavy (non-hydrogen) atoms. The number of nitrogens with one attached hydrogen (secondary N) is 1. The van der Waals surface area contributed by atoms with Gasteiger partial charge in [-0.15, -0.1) is 0 Å². The van der Waals surface area contributed by atoms with Crippen molar-refractivity contribution < 1.29 is 24.1 Å². The molecule has 0 spiro atoms. The van der Waals surface area contributed by atoms with Gasteiger partial charge < -0.3 is 25.1 Å². The highest BCUT2D eigenvalue weighted by atomic mass is 16.6. The van der Waals surface area contributed by atoms with E-state index < -0.39 is 30.6 Å². The maximum atomic E-state index is 12.3. The van der Waals surface area contributed by atoms with Crippen LogP contribution in [0.4, 0.5) is 16.3 Å². The van der Waals surface area contributed by atoms with Gasteiger partial charge in [-0.1, -0.05) is 18.2 Å². The topological polar surface area (TPSA) is 147 Å². The van der Waals surface area contributed by atoms with Crippen molar-refractivity contribution in [1.82, 2.24) is 19.5 Å². The molecule has 0 unspecified atom stereocenters. The molecule has 2 fully saturated rings. The van der Waals surface area contributed by atoms with E-state index in [1.807, 2.05) is 6.07 Å². The standard InChI is InChI=1S/C22H26N6O5/c1-12-17(33-22(30)25-13-7-3-2-4-8-13)16(29)20(31-12)28-11-24-15-18(23)26-21(27-19(15)28)32-14-9-5-6-10-14/h2-4,7-8,11-12,14,16-17,20,29H,5-6,9-10H2,1H3,(H,25,30)(H2,23,26,27)/t12-,16-,17-,20-/m1/s1. The zero-order valence-corrected chi connectivity index (χ0v) is 18.1. The molecule has 1 saturated heterocycles. The van der Waals surface area contributed by atoms with Crippen LogP contribution in [0.25, 0.3) is 11.2 Å². The molecule has 3 aromatic rings. The Kier molecular flexibility index (Phi) is 5.73. The lowest BCUT2D eigenvalue weighted by molar-refractivity contribution is -0.0300. The number of rotatable bonds is 5. The van der Waals surface area contributed by atoms with Crippen LogP contribution in [0.1, 0.15) is 38.8 Å². The first-order valence-corrected chi connectivity index (χ1v) is 11.0. The van der Waals surface area contributed by atoms with Gasteiger partial charge in [0, 0.05) is 5.69 Å². The van der Waals surface area contributed by atoms with Crippen molar-refractivity contribution in [3.8, 4) is 6.01 Å². The van der Waals surface area contributed by atoms with Crippen LogP contribution < -0.4 is 15.8 Å². The molecule has 11 nitrogen and oxygen atoms in total. The van der Waals surface area contributed by atoms with Crippen LogP contribution in [-0.2, 0) is 9.47 Å². The summed E-state index contributed by atoms with van der Waals surface area (Å²) in [5, 5.41) is 13.6. The Morgan fingerprint density at radius 3 is 2.76 bits per heavy atom. The fourth-order valence-corrected chi connectivity index (χ4v) is 4.32. The molecular weight excluding hydrogens is 428 g/mol. The second-order valence-corrected chi connectivity index (χ2v) is 8.32. The minimum atomic E-state index is -1.16. The third-order valence-electron chi connectivity index (χ3n) is 5.99. The van der Waals surface area contributed by atoms with E-state index >= 15 is 0 Å². The molecule has 3 heterocycles. The molecule has 0 radical (unpaired) electrons. The van der Waals surface area contributed by atoms with Gasteiger partial charge >= 0.3 is 12.1 Å². The average Bonchev–Trinajstić information content (AvgIpc) is 3.51. The van der Waals surface area contributed by atoms with Crippen LogP contribution in [0.5, 0.6) is 6.01 Å². The summed E-state index contributed by atoms with van der Waals surface area (Å²) in [6.07, 6.45) is 1.47. The number of benzene rings is 1. The largest absolute Gasteiger partial charge is 0.460 e. The number of nitrogen functional groups attached to an aromatic ring is 1. The van der Waals surface area contributed by atoms with Gasteiger partial charge in [-0.05, 0) is 44.7 Å². The van der Waals surface area contributed by atoms with E-state index in [9.17, 15) is 9.90 Å². The van der Waals surface area contributed by atoms with Gasteiger partial charge in [0.1, 0.15) is 12.2 Å². The van der Waals surface area contributed by atoms with E-state index in [1.165, 1.54) is 6.33 Å². The van der Waals surface area contributed by atoms with Gasteiger partial charge in [0.25, 0.3) is 0 Å². The maximum Gasteiger partial charge on any atom is 0.412 e. The van der Waals surface area contributed by atoms with E-state index in [-0.39, 0.29) is 17.9 Å². The number of aliphatic hydroxyl groups is 1. The van der Waals surface area contributed by atoms with E-state index in [0.717, 1.165) is 25.7 Å². The fourth-order valence-electron chi connectivity index (χ4n) is 4.32. The fraction of sp³-hybridized carbons (Fsp3) is 0.455. The zero-order valence-electron chi connectivity index (χ0n) is 18.1. The summed E-state index contributed by atoms with van der Waals surface area (Å²) in [4.78, 5) is 25.3. The molecule has 4 atom stereocenters. The lowest BCUT2D eigenvalue weighted by Gasteiger charge is -2.20. The molecule has 5 rings (SSSR count). The first-order chi connectivity index (χ1) is 16.0. The Morgan fingerprint density at radius 2 is 2.00 bits per heavy atom. The number of anilines is 2. The number of hydrogen-bond donors (Lipinski definition) is 3. The monoisotopic (exact) mass is 454 g/mol. The first kappa shape index (κ1) is 21.4. The molecule has 1 aliphatic carbocycles. The first-order valence-electron chi connectivity index (χ1n) is 11.0. The molecule has 4 N–H and O–H groups in total. The van der Waals surface area contributed by atoms with Gasteiger partial charge in [0.05, 0.1) is 12.4 Å². The molecule has 0 bridgehead atoms. The average molecular weight is 454 g/mol. The van der Waals surface area contributed by atoms with Crippen molar-refractivity contribution >= 4 is 28.8 Å². The SMILES string of the molecule is C[C@H]1O[C@@H](n2cnc3c(N)nc(OC4CCCC4)nc32)[C@H](O)[C@@H]1OC(=O)Nc1ccccc1. The maximum absolute atomic E-state index is 12.3. The molecule has 11 heteroatoms. The van der Waals surface area contributed by atoms with Crippen LogP contribution in [0.3, 0.4) is 0 Å². The van der Waals surface area contributed by atoms with Crippen LogP contribution in [0.2, 0.25) is 0 Å². The second kappa shape index (κ2) is 8.83. The quantitative estimate of drug-likeness (QED) is 0.529. The Labute approximate surface area is 189 Å². The smallest absolute Gasteiger partial charge is 0.412 e. The van der Waals surface area contributed by atoms with Gasteiger partial charge in [-0.25, -0.2) is 9.78 Å². The minimum Gasteiger partial charge on any atom is -0.460 e. The summed E-state index contributed by atoms with van der Waals surface area (Å²) in [7, 11) is 0. The summed E-state index contributed by atoms with van der Waals surface area (Å²) in [5.74, 6) is 0.183. The van der Waals surface area contributed by atoms with E-state index in [0.29, 0.717) is 16.9 Å². The number of hydrogen-bond acceptors (Lipinski definition) is 9.